The summed E-state index contributed by atoms with van der Waals surface area (Å²) < 4.78 is 0. The number of thioether (sulfide) groups is 1. The van der Waals surface area contributed by atoms with Gasteiger partial charge in [0.1, 0.15) is 0 Å². The molecule has 0 atom stereocenters. The molecule has 0 bridgehead atoms. The van der Waals surface area contributed by atoms with Crippen LogP contribution in [0.4, 0.5) is 0 Å². The first-order valence-corrected chi connectivity index (χ1v) is 5.29. The minimum Gasteiger partial charge on any atom is -0.327 e. The summed E-state index contributed by atoms with van der Waals surface area (Å²) in [6.07, 6.45) is 3.48. The van der Waals surface area contributed by atoms with Crippen LogP contribution >= 0.6 is 11.8 Å². The maximum Gasteiger partial charge on any atom is 0.0149 e. The third-order valence-electron chi connectivity index (χ3n) is 2.36. The van der Waals surface area contributed by atoms with E-state index in [1.54, 1.807) is 0 Å². The molecule has 0 unspecified atom stereocenters. The molecule has 0 aromatic heterocycles. The van der Waals surface area contributed by atoms with Crippen LogP contribution in [0, 0.1) is 5.41 Å². The molecule has 0 aromatic carbocycles. The normalized spacial score (nSPS) is 27.4. The van der Waals surface area contributed by atoms with Crippen LogP contribution in [-0.2, 0) is 0 Å². The maximum absolute atomic E-state index is 5.49. The Balaban J connectivity index is 2.67. The molecule has 1 rings (SSSR count). The molecule has 2 heteroatoms. The lowest BCUT2D eigenvalue weighted by atomic mass is 9.82. The summed E-state index contributed by atoms with van der Waals surface area (Å²) >= 11 is 2.02. The first-order chi connectivity index (χ1) is 5.17. The zero-order valence-electron chi connectivity index (χ0n) is 7.39. The van der Waals surface area contributed by atoms with Crippen LogP contribution in [0.5, 0.6) is 0 Å². The summed E-state index contributed by atoms with van der Waals surface area (Å²) in [7, 11) is 0. The first kappa shape index (κ1) is 9.14. The van der Waals surface area contributed by atoms with Crippen molar-refractivity contribution in [2.75, 3.05) is 18.1 Å². The highest BCUT2D eigenvalue weighted by atomic mass is 32.2. The Morgan fingerprint density at radius 1 is 1.64 bits per heavy atom. The van der Waals surface area contributed by atoms with Crippen LogP contribution in [0.1, 0.15) is 20.3 Å². The molecule has 0 amide bonds. The second kappa shape index (κ2) is 3.63. The van der Waals surface area contributed by atoms with Crippen molar-refractivity contribution < 1.29 is 0 Å². The number of hydrogen-bond donors (Lipinski definition) is 1. The number of hydrogen-bond acceptors (Lipinski definition) is 2. The molecular formula is C9H17NS. The second-order valence-electron chi connectivity index (χ2n) is 3.65. The minimum absolute atomic E-state index is 0.407. The minimum atomic E-state index is 0.407. The second-order valence-corrected chi connectivity index (χ2v) is 4.76. The molecule has 1 nitrogen and oxygen atoms in total. The summed E-state index contributed by atoms with van der Waals surface area (Å²) in [6, 6.07) is 0. The van der Waals surface area contributed by atoms with Gasteiger partial charge < -0.3 is 5.73 Å². The van der Waals surface area contributed by atoms with E-state index in [1.165, 1.54) is 23.5 Å². The Morgan fingerprint density at radius 2 is 2.36 bits per heavy atom. The highest BCUT2D eigenvalue weighted by Crippen LogP contribution is 2.38. The molecule has 1 saturated heterocycles. The van der Waals surface area contributed by atoms with Gasteiger partial charge in [0, 0.05) is 12.3 Å². The van der Waals surface area contributed by atoms with Crippen molar-refractivity contribution in [2.24, 2.45) is 11.1 Å². The van der Waals surface area contributed by atoms with E-state index in [0.29, 0.717) is 12.0 Å². The summed E-state index contributed by atoms with van der Waals surface area (Å²) in [5.74, 6) is 2.49. The number of rotatable bonds is 1. The van der Waals surface area contributed by atoms with Gasteiger partial charge >= 0.3 is 0 Å². The van der Waals surface area contributed by atoms with Gasteiger partial charge in [0.05, 0.1) is 0 Å². The molecule has 64 valence electrons. The van der Waals surface area contributed by atoms with Crippen molar-refractivity contribution in [3.05, 3.63) is 11.6 Å². The van der Waals surface area contributed by atoms with Gasteiger partial charge in [-0.2, -0.15) is 11.8 Å². The average Bonchev–Trinajstić information content (AvgIpc) is 1.94. The third kappa shape index (κ3) is 2.24. The van der Waals surface area contributed by atoms with E-state index in [2.05, 4.69) is 19.9 Å². The standard InChI is InChI=1S/C9H17NS/c1-9(2)4-6-11-7-8(9)3-5-10/h3H,4-7,10H2,1-2H3. The van der Waals surface area contributed by atoms with Gasteiger partial charge in [-0.3, -0.25) is 0 Å². The Kier molecular flexibility index (Phi) is 3.02. The molecule has 0 aliphatic carbocycles. The zero-order chi connectivity index (χ0) is 8.32. The van der Waals surface area contributed by atoms with E-state index in [4.69, 9.17) is 5.73 Å². The van der Waals surface area contributed by atoms with Crippen molar-refractivity contribution in [3.8, 4) is 0 Å². The number of nitrogens with two attached hydrogens (primary N) is 1. The van der Waals surface area contributed by atoms with Gasteiger partial charge in [-0.1, -0.05) is 25.5 Å². The van der Waals surface area contributed by atoms with Gasteiger partial charge in [-0.25, -0.2) is 0 Å². The van der Waals surface area contributed by atoms with Crippen molar-refractivity contribution >= 4 is 11.8 Å². The van der Waals surface area contributed by atoms with Gasteiger partial charge in [0.15, 0.2) is 0 Å². The van der Waals surface area contributed by atoms with E-state index in [9.17, 15) is 0 Å². The van der Waals surface area contributed by atoms with E-state index in [1.807, 2.05) is 11.8 Å². The molecule has 0 spiro atoms. The molecule has 0 radical (unpaired) electrons. The van der Waals surface area contributed by atoms with E-state index in [-0.39, 0.29) is 0 Å². The predicted molar refractivity (Wildman–Crippen MR) is 52.9 cm³/mol. The van der Waals surface area contributed by atoms with E-state index in [0.717, 1.165) is 0 Å². The lowest BCUT2D eigenvalue weighted by Gasteiger charge is -2.32. The van der Waals surface area contributed by atoms with Crippen LogP contribution in [0.2, 0.25) is 0 Å². The SMILES string of the molecule is CC1(C)CCSCC1=CCN. The Morgan fingerprint density at radius 3 is 2.91 bits per heavy atom. The molecule has 1 heterocycles. The van der Waals surface area contributed by atoms with Gasteiger partial charge in [-0.15, -0.1) is 0 Å². The van der Waals surface area contributed by atoms with Crippen LogP contribution < -0.4 is 5.73 Å². The predicted octanol–water partition coefficient (Wildman–Crippen LogP) is 2.03. The highest BCUT2D eigenvalue weighted by Gasteiger charge is 2.25. The monoisotopic (exact) mass is 171 g/mol. The summed E-state index contributed by atoms with van der Waals surface area (Å²) in [5, 5.41) is 0. The zero-order valence-corrected chi connectivity index (χ0v) is 8.21. The van der Waals surface area contributed by atoms with Crippen LogP contribution in [0.25, 0.3) is 0 Å². The fourth-order valence-corrected chi connectivity index (χ4v) is 2.87. The first-order valence-electron chi connectivity index (χ1n) is 4.14. The highest BCUT2D eigenvalue weighted by molar-refractivity contribution is 7.99. The molecule has 0 saturated carbocycles. The lowest BCUT2D eigenvalue weighted by molar-refractivity contribution is 0.427. The molecule has 11 heavy (non-hydrogen) atoms. The fraction of sp³-hybridized carbons (Fsp3) is 0.778. The van der Waals surface area contributed by atoms with Gasteiger partial charge in [0.2, 0.25) is 0 Å². The Hall–Kier alpha value is 0.0500. The molecule has 2 N–H and O–H groups in total. The Labute approximate surface area is 73.4 Å². The summed E-state index contributed by atoms with van der Waals surface area (Å²) in [5.41, 5.74) is 7.44. The van der Waals surface area contributed by atoms with Crippen molar-refractivity contribution in [2.45, 2.75) is 20.3 Å². The lowest BCUT2D eigenvalue weighted by Crippen LogP contribution is -2.23. The van der Waals surface area contributed by atoms with Gasteiger partial charge in [0.25, 0.3) is 0 Å². The molecular weight excluding hydrogens is 154 g/mol. The topological polar surface area (TPSA) is 26.0 Å². The summed E-state index contributed by atoms with van der Waals surface area (Å²) in [6.45, 7) is 5.32. The van der Waals surface area contributed by atoms with Crippen molar-refractivity contribution in [1.29, 1.82) is 0 Å². The smallest absolute Gasteiger partial charge is 0.0149 e. The van der Waals surface area contributed by atoms with Gasteiger partial charge in [-0.05, 0) is 17.6 Å². The molecule has 1 aliphatic rings. The van der Waals surface area contributed by atoms with Crippen LogP contribution in [0.3, 0.4) is 0 Å². The van der Waals surface area contributed by atoms with Crippen LogP contribution in [0.15, 0.2) is 11.6 Å². The maximum atomic E-state index is 5.49. The summed E-state index contributed by atoms with van der Waals surface area (Å²) in [4.78, 5) is 0. The third-order valence-corrected chi connectivity index (χ3v) is 3.37. The molecule has 0 aromatic rings. The van der Waals surface area contributed by atoms with E-state index >= 15 is 0 Å². The van der Waals surface area contributed by atoms with Crippen molar-refractivity contribution in [1.82, 2.24) is 0 Å². The molecule has 1 aliphatic heterocycles. The quantitative estimate of drug-likeness (QED) is 0.611. The largest absolute Gasteiger partial charge is 0.327 e. The Bertz CT molecular complexity index is 161. The van der Waals surface area contributed by atoms with E-state index < -0.39 is 0 Å². The average molecular weight is 171 g/mol. The fourth-order valence-electron chi connectivity index (χ4n) is 1.34. The van der Waals surface area contributed by atoms with Crippen LogP contribution in [-0.4, -0.2) is 18.1 Å². The van der Waals surface area contributed by atoms with Crippen molar-refractivity contribution in [3.63, 3.8) is 0 Å². The molecule has 1 fully saturated rings.